The molecule has 0 fully saturated rings. The van der Waals surface area contributed by atoms with Crippen LogP contribution in [0.4, 0.5) is 11.4 Å². The second-order valence-electron chi connectivity index (χ2n) is 8.66. The number of carbonyl (C=O) groups is 3. The highest BCUT2D eigenvalue weighted by molar-refractivity contribution is 6.05. The summed E-state index contributed by atoms with van der Waals surface area (Å²) in [5.74, 6) is -2.05. The fraction of sp³-hybridized carbons (Fsp3) is 0. The van der Waals surface area contributed by atoms with Gasteiger partial charge in [0, 0.05) is 35.4 Å². The molecule has 0 heterocycles. The first-order valence-corrected chi connectivity index (χ1v) is 12.4. The number of hydrogen-bond acceptors (Lipinski definition) is 9. The Kier molecular flexibility index (Phi) is 9.41. The van der Waals surface area contributed by atoms with Gasteiger partial charge < -0.3 is 10.1 Å². The molecule has 0 atom stereocenters. The molecule has 0 aliphatic carbocycles. The van der Waals surface area contributed by atoms with E-state index in [9.17, 15) is 34.6 Å². The summed E-state index contributed by atoms with van der Waals surface area (Å²) >= 11 is 0. The number of carbonyl (C=O) groups excluding carboxylic acids is 3. The molecule has 43 heavy (non-hydrogen) atoms. The van der Waals surface area contributed by atoms with Crippen molar-refractivity contribution in [2.75, 3.05) is 0 Å². The minimum Gasteiger partial charge on any atom is -0.422 e. The van der Waals surface area contributed by atoms with Crippen molar-refractivity contribution in [1.29, 1.82) is 0 Å². The van der Waals surface area contributed by atoms with Gasteiger partial charge in [0.15, 0.2) is 0 Å². The summed E-state index contributed by atoms with van der Waals surface area (Å²) in [6.45, 7) is 0. The lowest BCUT2D eigenvalue weighted by molar-refractivity contribution is -0.385. The number of para-hydroxylation sites is 1. The third kappa shape index (κ3) is 8.02. The Bertz CT molecular complexity index is 1730. The average Bonchev–Trinajstić information content (AvgIpc) is 3.02. The fourth-order valence-corrected chi connectivity index (χ4v) is 3.58. The summed E-state index contributed by atoms with van der Waals surface area (Å²) in [6.07, 6.45) is 2.55. The van der Waals surface area contributed by atoms with E-state index in [1.54, 1.807) is 48.5 Å². The fourth-order valence-electron chi connectivity index (χ4n) is 3.58. The Hall–Kier alpha value is -6.50. The van der Waals surface area contributed by atoms with Gasteiger partial charge in [-0.3, -0.25) is 29.8 Å². The smallest absolute Gasteiger partial charge is 0.343 e. The first-order chi connectivity index (χ1) is 20.7. The Morgan fingerprint density at radius 1 is 0.721 bits per heavy atom. The van der Waals surface area contributed by atoms with Crippen molar-refractivity contribution < 1.29 is 29.0 Å². The molecule has 2 amide bonds. The van der Waals surface area contributed by atoms with Crippen LogP contribution in [0, 0.1) is 20.2 Å². The van der Waals surface area contributed by atoms with Crippen molar-refractivity contribution in [3.05, 3.63) is 151 Å². The van der Waals surface area contributed by atoms with Gasteiger partial charge in [0.2, 0.25) is 0 Å². The zero-order valence-corrected chi connectivity index (χ0v) is 22.1. The molecule has 0 saturated heterocycles. The molecule has 13 nitrogen and oxygen atoms in total. The van der Waals surface area contributed by atoms with Crippen molar-refractivity contribution in [2.24, 2.45) is 5.10 Å². The zero-order chi connectivity index (χ0) is 30.8. The second-order valence-corrected chi connectivity index (χ2v) is 8.66. The minimum absolute atomic E-state index is 0.0841. The van der Waals surface area contributed by atoms with Crippen LogP contribution in [0.1, 0.15) is 31.8 Å². The number of ether oxygens (including phenoxy) is 1. The van der Waals surface area contributed by atoms with Gasteiger partial charge >= 0.3 is 5.97 Å². The number of nitro groups is 2. The Labute approximate surface area is 243 Å². The summed E-state index contributed by atoms with van der Waals surface area (Å²) in [4.78, 5) is 59.1. The molecule has 0 saturated carbocycles. The Balaban J connectivity index is 1.51. The van der Waals surface area contributed by atoms with E-state index in [1.165, 1.54) is 66.9 Å². The van der Waals surface area contributed by atoms with E-state index in [4.69, 9.17) is 4.74 Å². The lowest BCUT2D eigenvalue weighted by Gasteiger charge is -2.10. The number of non-ortho nitro benzene ring substituents is 2. The number of hydrogen-bond donors (Lipinski definition) is 2. The first kappa shape index (κ1) is 29.5. The van der Waals surface area contributed by atoms with E-state index < -0.39 is 27.6 Å². The molecule has 0 unspecified atom stereocenters. The third-order valence-corrected chi connectivity index (χ3v) is 5.75. The molecule has 0 spiro atoms. The van der Waals surface area contributed by atoms with Crippen molar-refractivity contribution in [1.82, 2.24) is 10.7 Å². The molecule has 4 rings (SSSR count). The summed E-state index contributed by atoms with van der Waals surface area (Å²) in [6, 6.07) is 24.7. The van der Waals surface area contributed by atoms with Crippen LogP contribution in [-0.4, -0.2) is 33.8 Å². The molecule has 0 radical (unpaired) electrons. The molecule has 4 aromatic carbocycles. The van der Waals surface area contributed by atoms with E-state index >= 15 is 0 Å². The van der Waals surface area contributed by atoms with Crippen LogP contribution in [0.5, 0.6) is 5.75 Å². The average molecular weight is 580 g/mol. The van der Waals surface area contributed by atoms with Crippen molar-refractivity contribution >= 4 is 41.4 Å². The van der Waals surface area contributed by atoms with Crippen LogP contribution in [0.15, 0.2) is 114 Å². The number of nitrogens with one attached hydrogen (secondary N) is 2. The molecule has 2 N–H and O–H groups in total. The van der Waals surface area contributed by atoms with Crippen LogP contribution >= 0.6 is 0 Å². The van der Waals surface area contributed by atoms with Gasteiger partial charge in [0.05, 0.1) is 21.6 Å². The summed E-state index contributed by atoms with van der Waals surface area (Å²) < 4.78 is 5.41. The van der Waals surface area contributed by atoms with Crippen LogP contribution < -0.4 is 15.5 Å². The number of esters is 1. The quantitative estimate of drug-likeness (QED) is 0.0679. The number of rotatable bonds is 10. The van der Waals surface area contributed by atoms with Gasteiger partial charge in [-0.2, -0.15) is 5.10 Å². The van der Waals surface area contributed by atoms with E-state index in [0.29, 0.717) is 11.1 Å². The molecular formula is C30H21N5O8. The predicted octanol–water partition coefficient (Wildman–Crippen LogP) is 4.64. The van der Waals surface area contributed by atoms with E-state index in [0.717, 1.165) is 0 Å². The van der Waals surface area contributed by atoms with E-state index in [1.807, 2.05) is 0 Å². The summed E-state index contributed by atoms with van der Waals surface area (Å²) in [7, 11) is 0. The van der Waals surface area contributed by atoms with Gasteiger partial charge in [-0.05, 0) is 60.2 Å². The normalized spacial score (nSPS) is 11.0. The molecule has 0 aliphatic rings. The largest absolute Gasteiger partial charge is 0.422 e. The highest BCUT2D eigenvalue weighted by Crippen LogP contribution is 2.19. The van der Waals surface area contributed by atoms with Crippen LogP contribution in [0.2, 0.25) is 0 Å². The third-order valence-electron chi connectivity index (χ3n) is 5.75. The van der Waals surface area contributed by atoms with Crippen LogP contribution in [0.3, 0.4) is 0 Å². The first-order valence-electron chi connectivity index (χ1n) is 12.4. The second kappa shape index (κ2) is 13.7. The van der Waals surface area contributed by atoms with Crippen LogP contribution in [-0.2, 0) is 4.79 Å². The van der Waals surface area contributed by atoms with Crippen molar-refractivity contribution in [3.63, 3.8) is 0 Å². The Morgan fingerprint density at radius 3 is 1.93 bits per heavy atom. The molecule has 214 valence electrons. The predicted molar refractivity (Wildman–Crippen MR) is 155 cm³/mol. The maximum Gasteiger partial charge on any atom is 0.343 e. The lowest BCUT2D eigenvalue weighted by atomic mass is 10.1. The van der Waals surface area contributed by atoms with Crippen molar-refractivity contribution in [3.8, 4) is 5.75 Å². The van der Waals surface area contributed by atoms with Crippen molar-refractivity contribution in [2.45, 2.75) is 0 Å². The lowest BCUT2D eigenvalue weighted by Crippen LogP contribution is -2.32. The van der Waals surface area contributed by atoms with E-state index in [-0.39, 0.29) is 33.9 Å². The van der Waals surface area contributed by atoms with Gasteiger partial charge in [-0.15, -0.1) is 0 Å². The zero-order valence-electron chi connectivity index (χ0n) is 22.1. The van der Waals surface area contributed by atoms with Crippen LogP contribution in [0.25, 0.3) is 6.08 Å². The minimum atomic E-state index is -0.806. The SMILES string of the molecule is O=C(N/N=C/c1ccccc1OC(=O)c1ccc([N+](=O)[O-])cc1)/C(=C/c1ccc([N+](=O)[O-])cc1)NC(=O)c1ccccc1. The van der Waals surface area contributed by atoms with Gasteiger partial charge in [0.25, 0.3) is 23.2 Å². The van der Waals surface area contributed by atoms with E-state index in [2.05, 4.69) is 15.8 Å². The monoisotopic (exact) mass is 579 g/mol. The molecule has 0 aromatic heterocycles. The highest BCUT2D eigenvalue weighted by Gasteiger charge is 2.16. The summed E-state index contributed by atoms with van der Waals surface area (Å²) in [5, 5.41) is 28.3. The Morgan fingerprint density at radius 2 is 1.30 bits per heavy atom. The molecular weight excluding hydrogens is 558 g/mol. The molecule has 13 heteroatoms. The van der Waals surface area contributed by atoms with Gasteiger partial charge in [-0.25, -0.2) is 10.2 Å². The highest BCUT2D eigenvalue weighted by atomic mass is 16.6. The number of nitro benzene ring substituents is 2. The summed E-state index contributed by atoms with van der Waals surface area (Å²) in [5.41, 5.74) is 2.87. The number of hydrazone groups is 1. The molecule has 0 bridgehead atoms. The number of amides is 2. The number of nitrogens with zero attached hydrogens (tertiary/aromatic N) is 3. The molecule has 0 aliphatic heterocycles. The maximum atomic E-state index is 13.1. The standard InChI is InChI=1S/C30H21N5O8/c36-28(21-6-2-1-3-7-21)32-26(18-20-10-14-24(15-11-20)34(39)40)29(37)33-31-19-23-8-4-5-9-27(23)43-30(38)22-12-16-25(17-13-22)35(41)42/h1-19H,(H,32,36)(H,33,37)/b26-18-,31-19+. The van der Waals surface area contributed by atoms with Gasteiger partial charge in [0.1, 0.15) is 11.4 Å². The topological polar surface area (TPSA) is 183 Å². The maximum absolute atomic E-state index is 13.1. The van der Waals surface area contributed by atoms with Gasteiger partial charge in [-0.1, -0.05) is 30.3 Å². The molecule has 4 aromatic rings. The number of benzene rings is 4.